The van der Waals surface area contributed by atoms with Crippen molar-refractivity contribution in [2.75, 3.05) is 14.7 Å². The summed E-state index contributed by atoms with van der Waals surface area (Å²) >= 11 is 0. The first-order valence-corrected chi connectivity index (χ1v) is 32.0. The number of benzene rings is 11. The summed E-state index contributed by atoms with van der Waals surface area (Å²) < 4.78 is 4.83. The molecular formula is C85H70N6. The van der Waals surface area contributed by atoms with E-state index in [4.69, 9.17) is 0 Å². The first-order chi connectivity index (χ1) is 44.3. The number of allylic oxidation sites excluding steroid dienone is 4. The van der Waals surface area contributed by atoms with Gasteiger partial charge >= 0.3 is 0 Å². The van der Waals surface area contributed by atoms with Gasteiger partial charge in [0.05, 0.1) is 39.2 Å². The molecule has 0 radical (unpaired) electrons. The molecule has 440 valence electrons. The summed E-state index contributed by atoms with van der Waals surface area (Å²) in [4.78, 5) is 7.45. The summed E-state index contributed by atoms with van der Waals surface area (Å²) in [5.41, 5.74) is 28.1. The van der Waals surface area contributed by atoms with Crippen LogP contribution in [0.15, 0.2) is 284 Å². The second kappa shape index (κ2) is 21.4. The summed E-state index contributed by atoms with van der Waals surface area (Å²) in [6.45, 7) is 16.3. The molecular weight excluding hydrogens is 1100 g/mol. The second-order valence-electron chi connectivity index (χ2n) is 26.9. The molecule has 3 aliphatic rings. The molecule has 0 fully saturated rings. The molecule has 2 atom stereocenters. The van der Waals surface area contributed by atoms with Crippen LogP contribution in [0.3, 0.4) is 0 Å². The van der Waals surface area contributed by atoms with Gasteiger partial charge in [-0.05, 0) is 171 Å². The maximum absolute atomic E-state index is 12.6. The van der Waals surface area contributed by atoms with E-state index in [0.717, 1.165) is 129 Å². The summed E-state index contributed by atoms with van der Waals surface area (Å²) in [5.74, 6) is 0.102. The average Bonchev–Trinajstić information content (AvgIpc) is 1.62. The molecule has 0 spiro atoms. The number of imidazole rings is 1. The molecule has 1 unspecified atom stereocenters. The third-order valence-electron chi connectivity index (χ3n) is 19.4. The Labute approximate surface area is 533 Å². The summed E-state index contributed by atoms with van der Waals surface area (Å²) in [6, 6.07) is 98.1. The predicted octanol–water partition coefficient (Wildman–Crippen LogP) is 22.7. The van der Waals surface area contributed by atoms with Gasteiger partial charge in [0.2, 0.25) is 0 Å². The first kappa shape index (κ1) is 55.4. The van der Waals surface area contributed by atoms with Crippen LogP contribution in [-0.2, 0) is 5.41 Å². The van der Waals surface area contributed by atoms with E-state index in [1.54, 1.807) is 0 Å². The molecule has 4 heterocycles. The van der Waals surface area contributed by atoms with Crippen molar-refractivity contribution in [3.05, 3.63) is 301 Å². The van der Waals surface area contributed by atoms with Gasteiger partial charge in [0.1, 0.15) is 17.9 Å². The largest absolute Gasteiger partial charge is 0.319 e. The molecule has 6 nitrogen and oxygen atoms in total. The number of anilines is 6. The number of para-hydroxylation sites is 2. The Balaban J connectivity index is 0.982. The standard InChI is InChI=1S/C85H70N6/c1-55-87(66-31-19-11-20-32-66)75-42-38-59(56-24-13-8-14-25-56)47-78(75)88(55)68-35-23-30-62(46-68)82-69(58-28-17-10-18-29-58)53-80(90-73-44-40-64(84(2,3)4)51-70(73)71-52-65(85(5,6)7)41-45-74(71)90)83(72(82)54-86)63-37-36-61-50-81-89(67-33-21-12-22-34-67)76-43-39-60(57-26-15-9-16-27-57)48-79(76)91(81)77(61)49-63/h8-51,53,55,71H,52H2,1-7H3/t55-,71?/m0/s1. The van der Waals surface area contributed by atoms with Crippen LogP contribution in [-0.4, -0.2) is 15.1 Å². The van der Waals surface area contributed by atoms with Crippen LogP contribution in [0.4, 0.5) is 34.1 Å². The molecule has 0 bridgehead atoms. The zero-order chi connectivity index (χ0) is 61.9. The quantitative estimate of drug-likeness (QED) is 0.144. The van der Waals surface area contributed by atoms with Gasteiger partial charge in [-0.3, -0.25) is 8.97 Å². The van der Waals surface area contributed by atoms with E-state index in [9.17, 15) is 5.26 Å². The number of nitriles is 1. The Morgan fingerprint density at radius 1 is 0.418 bits per heavy atom. The van der Waals surface area contributed by atoms with Gasteiger partial charge in [0.15, 0.2) is 0 Å². The Morgan fingerprint density at radius 3 is 1.66 bits per heavy atom. The van der Waals surface area contributed by atoms with Crippen molar-refractivity contribution in [3.8, 4) is 67.4 Å². The van der Waals surface area contributed by atoms with Crippen molar-refractivity contribution in [3.63, 3.8) is 0 Å². The van der Waals surface area contributed by atoms with Crippen LogP contribution in [0.1, 0.15) is 77.5 Å². The minimum absolute atomic E-state index is 0.0184. The van der Waals surface area contributed by atoms with Crippen molar-refractivity contribution < 1.29 is 0 Å². The van der Waals surface area contributed by atoms with Crippen molar-refractivity contribution in [1.29, 1.82) is 5.26 Å². The molecule has 6 heteroatoms. The van der Waals surface area contributed by atoms with E-state index in [0.29, 0.717) is 5.56 Å². The molecule has 2 aliphatic heterocycles. The lowest BCUT2D eigenvalue weighted by Crippen LogP contribution is -2.35. The molecule has 0 saturated heterocycles. The number of fused-ring (bicyclic) bond motifs is 9. The van der Waals surface area contributed by atoms with Gasteiger partial charge < -0.3 is 14.7 Å². The van der Waals surface area contributed by atoms with E-state index in [-0.39, 0.29) is 22.9 Å². The van der Waals surface area contributed by atoms with E-state index < -0.39 is 0 Å². The van der Waals surface area contributed by atoms with Crippen molar-refractivity contribution in [2.45, 2.75) is 72.4 Å². The van der Waals surface area contributed by atoms with Gasteiger partial charge in [-0.15, -0.1) is 0 Å². The highest BCUT2D eigenvalue weighted by atomic mass is 15.4. The predicted molar refractivity (Wildman–Crippen MR) is 381 cm³/mol. The Morgan fingerprint density at radius 2 is 0.989 bits per heavy atom. The molecule has 1 aliphatic carbocycles. The molecule has 2 aromatic heterocycles. The summed E-state index contributed by atoms with van der Waals surface area (Å²) in [5, 5.41) is 13.7. The zero-order valence-corrected chi connectivity index (χ0v) is 52.5. The monoisotopic (exact) mass is 1170 g/mol. The number of rotatable bonds is 9. The van der Waals surface area contributed by atoms with Crippen LogP contribution in [0.2, 0.25) is 0 Å². The molecule has 0 amide bonds. The molecule has 11 aromatic carbocycles. The number of hydrogen-bond acceptors (Lipinski definition) is 4. The van der Waals surface area contributed by atoms with Crippen LogP contribution in [0.5, 0.6) is 0 Å². The van der Waals surface area contributed by atoms with Gasteiger partial charge in [-0.25, -0.2) is 0 Å². The third-order valence-corrected chi connectivity index (χ3v) is 19.4. The van der Waals surface area contributed by atoms with Crippen LogP contribution >= 0.6 is 0 Å². The Bertz CT molecular complexity index is 5130. The normalized spacial score (nSPS) is 15.4. The fraction of sp³-hybridized carbons (Fsp3) is 0.141. The summed E-state index contributed by atoms with van der Waals surface area (Å²) in [6.07, 6.45) is 5.58. The van der Waals surface area contributed by atoms with Crippen molar-refractivity contribution in [1.82, 2.24) is 8.97 Å². The van der Waals surface area contributed by atoms with Gasteiger partial charge in [0, 0.05) is 50.9 Å². The minimum atomic E-state index is -0.0959. The van der Waals surface area contributed by atoms with E-state index in [2.05, 4.69) is 351 Å². The van der Waals surface area contributed by atoms with Crippen LogP contribution in [0, 0.1) is 16.7 Å². The van der Waals surface area contributed by atoms with E-state index in [1.165, 1.54) is 22.4 Å². The minimum Gasteiger partial charge on any atom is -0.319 e. The Kier molecular flexibility index (Phi) is 13.1. The van der Waals surface area contributed by atoms with Crippen molar-refractivity contribution in [2.24, 2.45) is 5.41 Å². The lowest BCUT2D eigenvalue weighted by Gasteiger charge is -2.33. The smallest absolute Gasteiger partial charge is 0.123 e. The van der Waals surface area contributed by atoms with Crippen LogP contribution in [0.25, 0.3) is 88.9 Å². The molecule has 13 aromatic rings. The van der Waals surface area contributed by atoms with E-state index >= 15 is 0 Å². The third kappa shape index (κ3) is 9.21. The lowest BCUT2D eigenvalue weighted by molar-refractivity contribution is 0.470. The fourth-order valence-corrected chi connectivity index (χ4v) is 14.8. The second-order valence-corrected chi connectivity index (χ2v) is 26.9. The molecule has 0 N–H and O–H groups in total. The SMILES string of the molecule is C[C@H]1N(c2ccccc2)c2ccc(-c3ccccc3)cc2N1c1cccc(-c2c(-c3ccccc3)cc(N3C4=CC=C(C(C)(C)C)CC4c4cc(C(C)(C)C)ccc43)c(-c3ccc4cc5n(-c6ccccc6)c6ccc(-c7ccccc7)cc6n5c4c3)c2C#N)c1. The number of nitrogens with zero attached hydrogens (tertiary/aromatic N) is 6. The molecule has 0 saturated carbocycles. The average molecular weight is 1180 g/mol. The first-order valence-electron chi connectivity index (χ1n) is 32.0. The maximum atomic E-state index is 12.6. The van der Waals surface area contributed by atoms with Gasteiger partial charge in [0.25, 0.3) is 0 Å². The Hall–Kier alpha value is -10.9. The summed E-state index contributed by atoms with van der Waals surface area (Å²) in [7, 11) is 0. The number of aromatic nitrogens is 2. The topological polar surface area (TPSA) is 42.9 Å². The molecule has 16 rings (SSSR count). The number of hydrogen-bond donors (Lipinski definition) is 0. The van der Waals surface area contributed by atoms with Gasteiger partial charge in [-0.1, -0.05) is 229 Å². The fourth-order valence-electron chi connectivity index (χ4n) is 14.8. The highest BCUT2D eigenvalue weighted by molar-refractivity contribution is 6.05. The maximum Gasteiger partial charge on any atom is 0.123 e. The highest BCUT2D eigenvalue weighted by Gasteiger charge is 2.42. The highest BCUT2D eigenvalue weighted by Crippen LogP contribution is 2.58. The molecule has 91 heavy (non-hydrogen) atoms. The lowest BCUT2D eigenvalue weighted by atomic mass is 9.76. The van der Waals surface area contributed by atoms with Gasteiger partial charge in [-0.2, -0.15) is 5.26 Å². The van der Waals surface area contributed by atoms with Crippen molar-refractivity contribution >= 4 is 61.7 Å². The van der Waals surface area contributed by atoms with E-state index in [1.807, 2.05) is 0 Å². The zero-order valence-electron chi connectivity index (χ0n) is 52.5. The van der Waals surface area contributed by atoms with Crippen LogP contribution < -0.4 is 14.7 Å².